The molecule has 10 nitrogen and oxygen atoms in total. The molecule has 1 aliphatic rings. The fraction of sp³-hybridized carbons (Fsp3) is 0.806. The van der Waals surface area contributed by atoms with Crippen LogP contribution in [0.25, 0.3) is 5.57 Å². The van der Waals surface area contributed by atoms with E-state index in [9.17, 15) is 9.59 Å². The van der Waals surface area contributed by atoms with Gasteiger partial charge in [0.25, 0.3) is 5.88 Å². The zero-order valence-corrected chi connectivity index (χ0v) is 33.7. The lowest BCUT2D eigenvalue weighted by molar-refractivity contribution is -0.944. The van der Waals surface area contributed by atoms with Crippen LogP contribution in [0, 0.1) is 0 Å². The van der Waals surface area contributed by atoms with Crippen LogP contribution in [0.1, 0.15) is 149 Å². The van der Waals surface area contributed by atoms with Gasteiger partial charge < -0.3 is 24.1 Å². The molecule has 2 rings (SSSR count). The zero-order chi connectivity index (χ0) is 36.0. The second-order valence-electron chi connectivity index (χ2n) is 12.5. The van der Waals surface area contributed by atoms with Gasteiger partial charge in [0.1, 0.15) is 18.8 Å². The normalized spacial score (nSPS) is 15.9. The Kier molecular flexibility index (Phi) is 28.9. The Morgan fingerprint density at radius 3 is 1.98 bits per heavy atom. The molecule has 2 heterocycles. The van der Waals surface area contributed by atoms with Crippen LogP contribution in [0.5, 0.6) is 5.88 Å². The number of carboxylic acids is 1. The second-order valence-corrected chi connectivity index (χ2v) is 14.1. The van der Waals surface area contributed by atoms with E-state index in [1.54, 1.807) is 0 Å². The summed E-state index contributed by atoms with van der Waals surface area (Å²) in [6.07, 6.45) is 20.4. The lowest BCUT2D eigenvalue weighted by Crippen LogP contribution is -2.55. The summed E-state index contributed by atoms with van der Waals surface area (Å²) in [6.45, 7) is 12.5. The Morgan fingerprint density at radius 1 is 0.875 bits per heavy atom. The van der Waals surface area contributed by atoms with Crippen LogP contribution >= 0.6 is 34.3 Å². The molecule has 0 bridgehead atoms. The van der Waals surface area contributed by atoms with Gasteiger partial charge in [-0.15, -0.1) is 4.37 Å². The van der Waals surface area contributed by atoms with Crippen LogP contribution in [0.4, 0.5) is 0 Å². The Bertz CT molecular complexity index is 1020. The van der Waals surface area contributed by atoms with E-state index in [0.29, 0.717) is 36.4 Å². The Morgan fingerprint density at radius 2 is 1.42 bits per heavy atom. The fourth-order valence-corrected chi connectivity index (χ4v) is 5.82. The number of unbranched alkanes of at least 4 members (excludes halogenated alkanes) is 11. The van der Waals surface area contributed by atoms with Crippen molar-refractivity contribution in [3.05, 3.63) is 11.8 Å². The van der Waals surface area contributed by atoms with Crippen molar-refractivity contribution >= 4 is 57.8 Å². The van der Waals surface area contributed by atoms with Gasteiger partial charge >= 0.3 is 11.9 Å². The molecule has 1 aliphatic heterocycles. The van der Waals surface area contributed by atoms with E-state index in [4.69, 9.17) is 24.1 Å². The van der Waals surface area contributed by atoms with Crippen LogP contribution in [-0.2, 0) is 23.9 Å². The van der Waals surface area contributed by atoms with Gasteiger partial charge in [-0.05, 0) is 26.2 Å². The number of esters is 2. The van der Waals surface area contributed by atoms with E-state index in [2.05, 4.69) is 65.2 Å². The van der Waals surface area contributed by atoms with Crippen molar-refractivity contribution in [2.75, 3.05) is 37.8 Å². The molecule has 0 fully saturated rings. The topological polar surface area (TPSA) is 128 Å². The van der Waals surface area contributed by atoms with Crippen LogP contribution < -0.4 is 9.84 Å². The summed E-state index contributed by atoms with van der Waals surface area (Å²) < 4.78 is 27.2. The number of ether oxygens (including phenoxy) is 3. The predicted molar refractivity (Wildman–Crippen MR) is 201 cm³/mol. The van der Waals surface area contributed by atoms with Gasteiger partial charge in [-0.2, -0.15) is 4.37 Å². The summed E-state index contributed by atoms with van der Waals surface area (Å²) in [7, 11) is 2.16. The van der Waals surface area contributed by atoms with Gasteiger partial charge in [-0.3, -0.25) is 14.1 Å². The monoisotopic (exact) mass is 809 g/mol. The number of hydrogen-bond acceptors (Lipinski definition) is 10. The minimum Gasteiger partial charge on any atom is -0.550 e. The maximum Gasteiger partial charge on any atom is 0.310 e. The highest BCUT2D eigenvalue weighted by Gasteiger charge is 2.36. The van der Waals surface area contributed by atoms with E-state index in [-0.39, 0.29) is 18.2 Å². The average molecular weight is 810 g/mol. The summed E-state index contributed by atoms with van der Waals surface area (Å²) >= 11 is 3.40. The molecule has 0 amide bonds. The van der Waals surface area contributed by atoms with Crippen molar-refractivity contribution in [1.29, 1.82) is 0 Å². The number of carbonyl (C=O) groups excluding carboxylic acids is 3. The number of alkyl halides is 1. The first-order valence-electron chi connectivity index (χ1n) is 18.1. The number of aliphatic carboxylic acids is 1. The van der Waals surface area contributed by atoms with E-state index in [1.165, 1.54) is 69.5 Å². The van der Waals surface area contributed by atoms with Crippen molar-refractivity contribution in [3.8, 4) is 5.88 Å². The van der Waals surface area contributed by atoms with E-state index in [0.717, 1.165) is 74.2 Å². The van der Waals surface area contributed by atoms with Crippen molar-refractivity contribution in [3.63, 3.8) is 0 Å². The number of halogens is 1. The van der Waals surface area contributed by atoms with Crippen molar-refractivity contribution in [1.82, 2.24) is 8.75 Å². The maximum atomic E-state index is 12.3. The summed E-state index contributed by atoms with van der Waals surface area (Å²) in [6, 6.07) is 0. The highest BCUT2D eigenvalue weighted by atomic mass is 127. The number of carboxylic acid groups (broad SMARTS) is 1. The fourth-order valence-electron chi connectivity index (χ4n) is 5.06. The van der Waals surface area contributed by atoms with Gasteiger partial charge in [-0.25, -0.2) is 0 Å². The number of hydrogen-bond donors (Lipinski definition) is 0. The standard InChI is InChI=1S/C24H42N3O3S.C10H19IO2.C2H4O2/c1-5-7-9-11-12-16-22(28)30-20(3)27(4)17-14-15-21(19-27)23-24(26-31-25-23)29-18-13-10-8-6-2;1-2-3-4-5-6-7-10(12)13-9-8-11;1-2(3)4/h15,20H,5-14,16-19H2,1-4H3;2-9H2,1H3;1H3,(H,3,4)/q+1;;/p-1. The molecule has 0 aliphatic carbocycles. The Labute approximate surface area is 308 Å². The molecule has 0 spiro atoms. The van der Waals surface area contributed by atoms with E-state index in [1.807, 2.05) is 6.92 Å². The van der Waals surface area contributed by atoms with Crippen LogP contribution in [0.15, 0.2) is 6.08 Å². The third-order valence-electron chi connectivity index (χ3n) is 8.05. The van der Waals surface area contributed by atoms with Crippen molar-refractivity contribution in [2.24, 2.45) is 0 Å². The summed E-state index contributed by atoms with van der Waals surface area (Å²) in [5.41, 5.74) is 2.01. The largest absolute Gasteiger partial charge is 0.550 e. The highest BCUT2D eigenvalue weighted by molar-refractivity contribution is 14.1. The maximum absolute atomic E-state index is 12.3. The third-order valence-corrected chi connectivity index (χ3v) is 9.00. The number of quaternary nitrogens is 1. The first-order chi connectivity index (χ1) is 23.0. The molecule has 2 atom stereocenters. The predicted octanol–water partition coefficient (Wildman–Crippen LogP) is 8.06. The molecule has 2 unspecified atom stereocenters. The number of rotatable bonds is 23. The molecular weight excluding hydrogens is 745 g/mol. The van der Waals surface area contributed by atoms with Crippen molar-refractivity contribution in [2.45, 2.75) is 150 Å². The van der Waals surface area contributed by atoms with Gasteiger partial charge in [0, 0.05) is 42.2 Å². The van der Waals surface area contributed by atoms with Gasteiger partial charge in [0.05, 0.1) is 31.9 Å². The highest BCUT2D eigenvalue weighted by Crippen LogP contribution is 2.31. The number of carbonyl (C=O) groups is 3. The first kappa shape index (κ1) is 46.2. The molecule has 1 aromatic rings. The molecule has 278 valence electrons. The van der Waals surface area contributed by atoms with Crippen LogP contribution in [-0.4, -0.2) is 75.1 Å². The molecule has 12 heteroatoms. The average Bonchev–Trinajstić information content (AvgIpc) is 3.52. The Hall–Kier alpha value is -1.80. The minimum absolute atomic E-state index is 0.0341. The van der Waals surface area contributed by atoms with Gasteiger partial charge in [0.2, 0.25) is 6.23 Å². The quantitative estimate of drug-likeness (QED) is 0.0355. The number of likely N-dealkylation sites (N-methyl/N-ethyl adjacent to an activating group) is 1. The van der Waals surface area contributed by atoms with Gasteiger partial charge in [0.15, 0.2) is 0 Å². The molecular formula is C36H64IN3O7S. The minimum atomic E-state index is -1.08. The van der Waals surface area contributed by atoms with Gasteiger partial charge in [-0.1, -0.05) is 120 Å². The zero-order valence-electron chi connectivity index (χ0n) is 30.7. The third kappa shape index (κ3) is 23.5. The second kappa shape index (κ2) is 30.1. The first-order valence-corrected chi connectivity index (χ1v) is 20.4. The van der Waals surface area contributed by atoms with E-state index >= 15 is 0 Å². The number of nitrogens with zero attached hydrogens (tertiary/aromatic N) is 3. The lowest BCUT2D eigenvalue weighted by Gasteiger charge is -2.41. The van der Waals surface area contributed by atoms with Crippen LogP contribution in [0.2, 0.25) is 0 Å². The molecule has 0 saturated carbocycles. The lowest BCUT2D eigenvalue weighted by atomic mass is 10.0. The number of aromatic nitrogens is 2. The van der Waals surface area contributed by atoms with Crippen LogP contribution in [0.3, 0.4) is 0 Å². The van der Waals surface area contributed by atoms with E-state index < -0.39 is 5.97 Å². The molecule has 0 N–H and O–H groups in total. The molecule has 0 saturated heterocycles. The molecule has 0 aromatic carbocycles. The summed E-state index contributed by atoms with van der Waals surface area (Å²) in [4.78, 5) is 32.2. The summed E-state index contributed by atoms with van der Waals surface area (Å²) in [5.74, 6) is -0.544. The summed E-state index contributed by atoms with van der Waals surface area (Å²) in [5, 5.41) is 8.89. The Balaban J connectivity index is 0.00000108. The molecule has 0 radical (unpaired) electrons. The molecule has 1 aromatic heterocycles. The van der Waals surface area contributed by atoms with Crippen molar-refractivity contribution < 1.29 is 38.2 Å². The smallest absolute Gasteiger partial charge is 0.310 e. The SMILES string of the molecule is CC(=O)[O-].CCCCCCCC(=O)OC(C)[N+]1(C)CCC=C(c2nsnc2OCCCCCC)C1.CCCCCCCC(=O)OCCI. The molecule has 48 heavy (non-hydrogen) atoms.